The molecule has 0 aliphatic rings. The first-order valence-electron chi connectivity index (χ1n) is 6.04. The van der Waals surface area contributed by atoms with Crippen LogP contribution in [0.25, 0.3) is 10.8 Å². The second kappa shape index (κ2) is 5.56. The highest BCUT2D eigenvalue weighted by molar-refractivity contribution is 6.05. The van der Waals surface area contributed by atoms with Crippen LogP contribution in [0, 0.1) is 0 Å². The highest BCUT2D eigenvalue weighted by Crippen LogP contribution is 2.26. The maximum absolute atomic E-state index is 12.0. The monoisotopic (exact) mass is 262 g/mol. The number of fused-ring (bicyclic) bond motifs is 1. The van der Waals surface area contributed by atoms with Gasteiger partial charge < -0.3 is 13.9 Å². The molecule has 2 aromatic rings. The van der Waals surface area contributed by atoms with Gasteiger partial charge in [-0.25, -0.2) is 9.59 Å². The molecule has 0 spiro atoms. The maximum Gasteiger partial charge on any atom is 0.346 e. The van der Waals surface area contributed by atoms with Crippen molar-refractivity contribution in [3.05, 3.63) is 40.2 Å². The van der Waals surface area contributed by atoms with Gasteiger partial charge in [0.15, 0.2) is 0 Å². The smallest absolute Gasteiger partial charge is 0.346 e. The predicted octanol–water partition coefficient (Wildman–Crippen LogP) is 2.37. The quantitative estimate of drug-likeness (QED) is 0.791. The fourth-order valence-corrected chi connectivity index (χ4v) is 1.81. The van der Waals surface area contributed by atoms with Gasteiger partial charge in [0.25, 0.3) is 0 Å². The molecule has 1 heterocycles. The molecule has 0 aliphatic carbocycles. The highest BCUT2D eigenvalue weighted by atomic mass is 16.6. The third-order valence-corrected chi connectivity index (χ3v) is 2.56. The number of carbonyl (C=O) groups excluding carboxylic acids is 1. The van der Waals surface area contributed by atoms with Crippen molar-refractivity contribution in [2.45, 2.75) is 13.8 Å². The molecule has 0 saturated heterocycles. The summed E-state index contributed by atoms with van der Waals surface area (Å²) in [4.78, 5) is 23.8. The SMILES string of the molecule is CCOC(=O)c1c(OCC)oc(=O)c2ccccc12. The van der Waals surface area contributed by atoms with Gasteiger partial charge in [-0.3, -0.25) is 0 Å². The van der Waals surface area contributed by atoms with Crippen molar-refractivity contribution >= 4 is 16.7 Å². The van der Waals surface area contributed by atoms with E-state index < -0.39 is 11.6 Å². The van der Waals surface area contributed by atoms with Crippen molar-refractivity contribution in [3.63, 3.8) is 0 Å². The summed E-state index contributed by atoms with van der Waals surface area (Å²) in [5.41, 5.74) is -0.383. The Morgan fingerprint density at radius 2 is 1.84 bits per heavy atom. The average Bonchev–Trinajstić information content (AvgIpc) is 2.39. The van der Waals surface area contributed by atoms with E-state index in [1.165, 1.54) is 0 Å². The molecular formula is C14H14O5. The van der Waals surface area contributed by atoms with Crippen molar-refractivity contribution < 1.29 is 18.7 Å². The van der Waals surface area contributed by atoms with E-state index >= 15 is 0 Å². The van der Waals surface area contributed by atoms with Gasteiger partial charge in [0.2, 0.25) is 0 Å². The van der Waals surface area contributed by atoms with E-state index in [4.69, 9.17) is 13.9 Å². The molecule has 0 saturated carbocycles. The van der Waals surface area contributed by atoms with Crippen LogP contribution in [0.1, 0.15) is 24.2 Å². The minimum atomic E-state index is -0.564. The Balaban J connectivity index is 2.75. The number of ether oxygens (including phenoxy) is 2. The first-order chi connectivity index (χ1) is 9.19. The van der Waals surface area contributed by atoms with E-state index in [2.05, 4.69) is 0 Å². The normalized spacial score (nSPS) is 10.4. The van der Waals surface area contributed by atoms with Gasteiger partial charge in [0.1, 0.15) is 5.56 Å². The zero-order chi connectivity index (χ0) is 13.8. The zero-order valence-electron chi connectivity index (χ0n) is 10.8. The number of benzene rings is 1. The van der Waals surface area contributed by atoms with Crippen LogP contribution in [0.2, 0.25) is 0 Å². The van der Waals surface area contributed by atoms with Crippen LogP contribution in [0.4, 0.5) is 0 Å². The van der Waals surface area contributed by atoms with Crippen LogP contribution in [-0.2, 0) is 4.74 Å². The van der Waals surface area contributed by atoms with Crippen molar-refractivity contribution in [2.75, 3.05) is 13.2 Å². The van der Waals surface area contributed by atoms with Crippen molar-refractivity contribution in [3.8, 4) is 5.95 Å². The van der Waals surface area contributed by atoms with E-state index in [-0.39, 0.29) is 24.7 Å². The van der Waals surface area contributed by atoms with Gasteiger partial charge in [-0.2, -0.15) is 0 Å². The molecule has 5 nitrogen and oxygen atoms in total. The Kier molecular flexibility index (Phi) is 3.85. The number of rotatable bonds is 4. The Labute approximate surface area is 109 Å². The van der Waals surface area contributed by atoms with Gasteiger partial charge in [0, 0.05) is 5.39 Å². The van der Waals surface area contributed by atoms with Crippen LogP contribution in [-0.4, -0.2) is 19.2 Å². The van der Waals surface area contributed by atoms with Crippen molar-refractivity contribution in [1.29, 1.82) is 0 Å². The zero-order valence-corrected chi connectivity index (χ0v) is 10.8. The van der Waals surface area contributed by atoms with E-state index in [1.807, 2.05) is 0 Å². The summed E-state index contributed by atoms with van der Waals surface area (Å²) in [5.74, 6) is -0.657. The molecule has 0 N–H and O–H groups in total. The molecule has 1 aromatic heterocycles. The van der Waals surface area contributed by atoms with Crippen LogP contribution in [0.15, 0.2) is 33.5 Å². The summed E-state index contributed by atoms with van der Waals surface area (Å²) in [5, 5.41) is 0.801. The van der Waals surface area contributed by atoms with Crippen LogP contribution < -0.4 is 10.4 Å². The summed E-state index contributed by atoms with van der Waals surface area (Å²) in [6, 6.07) is 6.70. The second-order valence-electron chi connectivity index (χ2n) is 3.75. The molecule has 0 amide bonds. The Hall–Kier alpha value is -2.30. The molecule has 100 valence electrons. The fraction of sp³-hybridized carbons (Fsp3) is 0.286. The first-order valence-corrected chi connectivity index (χ1v) is 6.04. The molecule has 0 radical (unpaired) electrons. The average molecular weight is 262 g/mol. The number of hydrogen-bond acceptors (Lipinski definition) is 5. The standard InChI is InChI=1S/C14H14O5/c1-3-17-13(16)11-9-7-5-6-8-10(9)12(15)19-14(11)18-4-2/h5-8H,3-4H2,1-2H3. The van der Waals surface area contributed by atoms with Gasteiger partial charge in [-0.1, -0.05) is 18.2 Å². The number of esters is 1. The summed E-state index contributed by atoms with van der Waals surface area (Å²) >= 11 is 0. The second-order valence-corrected chi connectivity index (χ2v) is 3.75. The predicted molar refractivity (Wildman–Crippen MR) is 69.6 cm³/mol. The number of carbonyl (C=O) groups is 1. The van der Waals surface area contributed by atoms with Gasteiger partial charge in [0.05, 0.1) is 18.6 Å². The van der Waals surface area contributed by atoms with E-state index in [9.17, 15) is 9.59 Å². The Morgan fingerprint density at radius 1 is 1.16 bits per heavy atom. The van der Waals surface area contributed by atoms with Gasteiger partial charge >= 0.3 is 17.5 Å². The molecule has 2 rings (SSSR count). The molecule has 0 fully saturated rings. The van der Waals surface area contributed by atoms with Crippen LogP contribution >= 0.6 is 0 Å². The fourth-order valence-electron chi connectivity index (χ4n) is 1.81. The third-order valence-electron chi connectivity index (χ3n) is 2.56. The van der Waals surface area contributed by atoms with Crippen molar-refractivity contribution in [1.82, 2.24) is 0 Å². The van der Waals surface area contributed by atoms with Crippen LogP contribution in [0.3, 0.4) is 0 Å². The lowest BCUT2D eigenvalue weighted by atomic mass is 10.1. The largest absolute Gasteiger partial charge is 0.465 e. The minimum absolute atomic E-state index is 0.0929. The first kappa shape index (κ1) is 13.1. The van der Waals surface area contributed by atoms with Crippen LogP contribution in [0.5, 0.6) is 5.95 Å². The summed E-state index contributed by atoms with van der Waals surface area (Å²) in [6.45, 7) is 3.97. The maximum atomic E-state index is 12.0. The minimum Gasteiger partial charge on any atom is -0.465 e. The summed E-state index contributed by atoms with van der Waals surface area (Å²) < 4.78 is 15.3. The van der Waals surface area contributed by atoms with E-state index in [0.717, 1.165) is 0 Å². The van der Waals surface area contributed by atoms with E-state index in [1.54, 1.807) is 38.1 Å². The summed E-state index contributed by atoms with van der Waals surface area (Å²) in [6.07, 6.45) is 0. The van der Waals surface area contributed by atoms with E-state index in [0.29, 0.717) is 10.8 Å². The topological polar surface area (TPSA) is 65.7 Å². The lowest BCUT2D eigenvalue weighted by Gasteiger charge is -2.10. The lowest BCUT2D eigenvalue weighted by Crippen LogP contribution is -2.12. The molecule has 0 aliphatic heterocycles. The lowest BCUT2D eigenvalue weighted by molar-refractivity contribution is 0.0517. The van der Waals surface area contributed by atoms with Gasteiger partial charge in [-0.05, 0) is 19.9 Å². The Bertz CT molecular complexity index is 656. The Morgan fingerprint density at radius 3 is 2.47 bits per heavy atom. The molecule has 0 bridgehead atoms. The summed E-state index contributed by atoms with van der Waals surface area (Å²) in [7, 11) is 0. The number of hydrogen-bond donors (Lipinski definition) is 0. The third kappa shape index (κ3) is 2.45. The van der Waals surface area contributed by atoms with Gasteiger partial charge in [-0.15, -0.1) is 0 Å². The molecule has 19 heavy (non-hydrogen) atoms. The highest BCUT2D eigenvalue weighted by Gasteiger charge is 2.22. The molecule has 1 aromatic carbocycles. The molecule has 0 unspecified atom stereocenters. The molecule has 0 atom stereocenters. The molecular weight excluding hydrogens is 248 g/mol. The molecule has 5 heteroatoms. The van der Waals surface area contributed by atoms with Crippen molar-refractivity contribution in [2.24, 2.45) is 0 Å².